The molecule has 29 heavy (non-hydrogen) atoms. The number of nitrogens with zero attached hydrogens (tertiary/aromatic N) is 2. The van der Waals surface area contributed by atoms with Crippen LogP contribution in [0.1, 0.15) is 16.2 Å². The summed E-state index contributed by atoms with van der Waals surface area (Å²) in [4.78, 5) is 23.9. The number of benzene rings is 2. The molecule has 0 aliphatic heterocycles. The van der Waals surface area contributed by atoms with Gasteiger partial charge in [-0.1, -0.05) is 33.8 Å². The van der Waals surface area contributed by atoms with Crippen molar-refractivity contribution in [3.05, 3.63) is 70.0 Å². The Morgan fingerprint density at radius 3 is 2.45 bits per heavy atom. The highest BCUT2D eigenvalue weighted by Crippen LogP contribution is 2.18. The van der Waals surface area contributed by atoms with Crippen LogP contribution in [-0.2, 0) is 11.3 Å². The second-order valence-corrected chi connectivity index (χ2v) is 7.43. The first kappa shape index (κ1) is 20.9. The molecule has 2 N–H and O–H groups in total. The standard InChI is InChI=1S/C18H13BrF2N4O3S/c19-10-4-6-11(7-5-10)23-14(26)9-29-18-25-24-15(28-18)8-22-17(27)16-12(20)2-1-3-13(16)21/h1-7H,8-9H2,(H,22,27)(H,23,26). The zero-order valence-electron chi connectivity index (χ0n) is 14.6. The molecule has 0 spiro atoms. The predicted octanol–water partition coefficient (Wildman–Crippen LogP) is 3.77. The molecule has 1 heterocycles. The number of nitrogens with one attached hydrogen (secondary N) is 2. The summed E-state index contributed by atoms with van der Waals surface area (Å²) in [6, 6.07) is 10.2. The Morgan fingerprint density at radius 2 is 1.76 bits per heavy atom. The molecule has 0 atom stereocenters. The van der Waals surface area contributed by atoms with Crippen LogP contribution in [0.5, 0.6) is 0 Å². The number of anilines is 1. The molecule has 0 bridgehead atoms. The van der Waals surface area contributed by atoms with Gasteiger partial charge in [-0.25, -0.2) is 8.78 Å². The normalized spacial score (nSPS) is 10.6. The van der Waals surface area contributed by atoms with Gasteiger partial charge in [0.2, 0.25) is 11.8 Å². The predicted molar refractivity (Wildman–Crippen MR) is 105 cm³/mol. The van der Waals surface area contributed by atoms with Crippen molar-refractivity contribution < 1.29 is 22.8 Å². The molecule has 0 saturated heterocycles. The van der Waals surface area contributed by atoms with Gasteiger partial charge in [0, 0.05) is 10.2 Å². The molecule has 0 aliphatic rings. The third kappa shape index (κ3) is 5.84. The maximum atomic E-state index is 13.6. The van der Waals surface area contributed by atoms with E-state index in [4.69, 9.17) is 4.42 Å². The lowest BCUT2D eigenvalue weighted by Crippen LogP contribution is -2.25. The van der Waals surface area contributed by atoms with Crippen LogP contribution in [0.4, 0.5) is 14.5 Å². The quantitative estimate of drug-likeness (QED) is 0.497. The fourth-order valence-corrected chi connectivity index (χ4v) is 3.03. The van der Waals surface area contributed by atoms with E-state index in [0.717, 1.165) is 34.4 Å². The van der Waals surface area contributed by atoms with E-state index in [-0.39, 0.29) is 29.3 Å². The fraction of sp³-hybridized carbons (Fsp3) is 0.111. The third-order valence-corrected chi connectivity index (χ3v) is 4.84. The monoisotopic (exact) mass is 482 g/mol. The molecule has 3 aromatic rings. The highest BCUT2D eigenvalue weighted by molar-refractivity contribution is 9.10. The maximum Gasteiger partial charge on any atom is 0.277 e. The molecule has 2 aromatic carbocycles. The van der Waals surface area contributed by atoms with E-state index >= 15 is 0 Å². The lowest BCUT2D eigenvalue weighted by atomic mass is 10.2. The first-order valence-electron chi connectivity index (χ1n) is 8.15. The second kappa shape index (κ2) is 9.61. The van der Waals surface area contributed by atoms with Crippen molar-refractivity contribution >= 4 is 45.2 Å². The molecule has 0 fully saturated rings. The molecular formula is C18H13BrF2N4O3S. The number of carbonyl (C=O) groups is 2. The van der Waals surface area contributed by atoms with Crippen LogP contribution in [-0.4, -0.2) is 27.8 Å². The van der Waals surface area contributed by atoms with Gasteiger partial charge in [-0.15, -0.1) is 10.2 Å². The van der Waals surface area contributed by atoms with Gasteiger partial charge < -0.3 is 15.1 Å². The summed E-state index contributed by atoms with van der Waals surface area (Å²) < 4.78 is 33.4. The van der Waals surface area contributed by atoms with Crippen LogP contribution < -0.4 is 10.6 Å². The zero-order valence-corrected chi connectivity index (χ0v) is 17.0. The van der Waals surface area contributed by atoms with E-state index < -0.39 is 23.1 Å². The lowest BCUT2D eigenvalue weighted by molar-refractivity contribution is -0.113. The Labute approximate surface area is 176 Å². The van der Waals surface area contributed by atoms with Gasteiger partial charge in [-0.2, -0.15) is 0 Å². The van der Waals surface area contributed by atoms with Crippen LogP contribution in [0.15, 0.2) is 56.6 Å². The second-order valence-electron chi connectivity index (χ2n) is 5.58. The number of hydrogen-bond acceptors (Lipinski definition) is 6. The number of carbonyl (C=O) groups excluding carboxylic acids is 2. The molecule has 0 radical (unpaired) electrons. The molecule has 0 aliphatic carbocycles. The van der Waals surface area contributed by atoms with Crippen molar-refractivity contribution in [3.8, 4) is 0 Å². The third-order valence-electron chi connectivity index (χ3n) is 3.49. The minimum absolute atomic E-state index is 0.0322. The van der Waals surface area contributed by atoms with Gasteiger partial charge >= 0.3 is 0 Å². The number of aromatic nitrogens is 2. The number of hydrogen-bond donors (Lipinski definition) is 2. The maximum absolute atomic E-state index is 13.6. The van der Waals surface area contributed by atoms with E-state index in [1.54, 1.807) is 24.3 Å². The van der Waals surface area contributed by atoms with Gasteiger partial charge in [-0.3, -0.25) is 9.59 Å². The minimum Gasteiger partial charge on any atom is -0.414 e. The van der Waals surface area contributed by atoms with Crippen molar-refractivity contribution in [3.63, 3.8) is 0 Å². The molecule has 150 valence electrons. The fourth-order valence-electron chi connectivity index (χ4n) is 2.18. The van der Waals surface area contributed by atoms with Gasteiger partial charge in [0.05, 0.1) is 12.3 Å². The van der Waals surface area contributed by atoms with E-state index in [0.29, 0.717) is 5.69 Å². The highest BCUT2D eigenvalue weighted by Gasteiger charge is 2.18. The molecule has 11 heteroatoms. The van der Waals surface area contributed by atoms with Gasteiger partial charge in [0.1, 0.15) is 17.2 Å². The van der Waals surface area contributed by atoms with Crippen LogP contribution in [0.25, 0.3) is 0 Å². The van der Waals surface area contributed by atoms with Gasteiger partial charge in [-0.05, 0) is 36.4 Å². The molecule has 7 nitrogen and oxygen atoms in total. The summed E-state index contributed by atoms with van der Waals surface area (Å²) >= 11 is 4.32. The minimum atomic E-state index is -0.971. The van der Waals surface area contributed by atoms with Crippen molar-refractivity contribution in [2.24, 2.45) is 0 Å². The molecule has 1 aromatic heterocycles. The molecular weight excluding hydrogens is 470 g/mol. The van der Waals surface area contributed by atoms with Crippen LogP contribution in [0, 0.1) is 11.6 Å². The molecule has 0 unspecified atom stereocenters. The van der Waals surface area contributed by atoms with Crippen LogP contribution >= 0.6 is 27.7 Å². The zero-order chi connectivity index (χ0) is 20.8. The Bertz CT molecular complexity index is 1010. The topological polar surface area (TPSA) is 97.1 Å². The SMILES string of the molecule is O=C(CSc1nnc(CNC(=O)c2c(F)cccc2F)o1)Nc1ccc(Br)cc1. The first-order chi connectivity index (χ1) is 13.9. The lowest BCUT2D eigenvalue weighted by Gasteiger charge is -2.05. The summed E-state index contributed by atoms with van der Waals surface area (Å²) in [5.41, 5.74) is -0.0423. The summed E-state index contributed by atoms with van der Waals surface area (Å²) in [5, 5.41) is 12.6. The molecule has 2 amide bonds. The molecule has 3 rings (SSSR count). The van der Waals surface area contributed by atoms with Crippen molar-refractivity contribution in [2.75, 3.05) is 11.1 Å². The van der Waals surface area contributed by atoms with Crippen LogP contribution in [0.3, 0.4) is 0 Å². The van der Waals surface area contributed by atoms with Gasteiger partial charge in [0.15, 0.2) is 0 Å². The Hall–Kier alpha value is -2.79. The van der Waals surface area contributed by atoms with E-state index in [2.05, 4.69) is 36.8 Å². The average molecular weight is 483 g/mol. The number of amides is 2. The van der Waals surface area contributed by atoms with E-state index in [9.17, 15) is 18.4 Å². The molecule has 0 saturated carbocycles. The van der Waals surface area contributed by atoms with Crippen molar-refractivity contribution in [1.82, 2.24) is 15.5 Å². The van der Waals surface area contributed by atoms with Crippen molar-refractivity contribution in [2.45, 2.75) is 11.8 Å². The van der Waals surface area contributed by atoms with E-state index in [1.807, 2.05) is 0 Å². The van der Waals surface area contributed by atoms with Crippen LogP contribution in [0.2, 0.25) is 0 Å². The smallest absolute Gasteiger partial charge is 0.277 e. The Kier molecular flexibility index (Phi) is 6.94. The summed E-state index contributed by atoms with van der Waals surface area (Å²) in [6.45, 7) is -0.217. The Morgan fingerprint density at radius 1 is 1.07 bits per heavy atom. The number of rotatable bonds is 7. The summed E-state index contributed by atoms with van der Waals surface area (Å²) in [6.07, 6.45) is 0. The average Bonchev–Trinajstić information content (AvgIpc) is 3.14. The Balaban J connectivity index is 1.48. The highest BCUT2D eigenvalue weighted by atomic mass is 79.9. The number of thioether (sulfide) groups is 1. The van der Waals surface area contributed by atoms with Gasteiger partial charge in [0.25, 0.3) is 11.1 Å². The van der Waals surface area contributed by atoms with E-state index in [1.165, 1.54) is 0 Å². The first-order valence-corrected chi connectivity index (χ1v) is 9.93. The summed E-state index contributed by atoms with van der Waals surface area (Å²) in [5.74, 6) is -3.08. The largest absolute Gasteiger partial charge is 0.414 e. The van der Waals surface area contributed by atoms with Crippen molar-refractivity contribution in [1.29, 1.82) is 0 Å². The number of halogens is 3. The summed E-state index contributed by atoms with van der Waals surface area (Å²) in [7, 11) is 0.